The van der Waals surface area contributed by atoms with Gasteiger partial charge in [-0.25, -0.2) is 0 Å². The van der Waals surface area contributed by atoms with E-state index in [4.69, 9.17) is 9.26 Å². The Morgan fingerprint density at radius 1 is 1.40 bits per heavy atom. The zero-order valence-electron chi connectivity index (χ0n) is 17.5. The van der Waals surface area contributed by atoms with E-state index in [1.54, 1.807) is 0 Å². The average Bonchev–Trinajstić information content (AvgIpc) is 3.10. The van der Waals surface area contributed by atoms with Crippen molar-refractivity contribution in [1.82, 2.24) is 25.3 Å². The van der Waals surface area contributed by atoms with Crippen LogP contribution in [0.15, 0.2) is 23.0 Å². The van der Waals surface area contributed by atoms with Gasteiger partial charge in [-0.2, -0.15) is 4.98 Å². The molecule has 1 saturated heterocycles. The maximum Gasteiger partial charge on any atom is 0.253 e. The third kappa shape index (κ3) is 5.97. The number of aromatic nitrogens is 3. The van der Waals surface area contributed by atoms with Crippen molar-refractivity contribution in [1.29, 1.82) is 0 Å². The summed E-state index contributed by atoms with van der Waals surface area (Å²) in [4.78, 5) is 22.5. The van der Waals surface area contributed by atoms with Gasteiger partial charge in [-0.3, -0.25) is 14.7 Å². The van der Waals surface area contributed by atoms with Gasteiger partial charge in [0.15, 0.2) is 5.82 Å². The molecule has 2 aromatic rings. The SMILES string of the molecule is CC(C)Cc1noc(CN(C)C[C@H]2OCC[C@H](NC(=O)c3cncc(O)c3)[C@@H]2O)n1. The van der Waals surface area contributed by atoms with Gasteiger partial charge in [0.25, 0.3) is 5.91 Å². The van der Waals surface area contributed by atoms with Crippen LogP contribution in [0.5, 0.6) is 5.75 Å². The van der Waals surface area contributed by atoms with E-state index in [0.717, 1.165) is 6.42 Å². The Hall–Kier alpha value is -2.56. The third-order valence-corrected chi connectivity index (χ3v) is 4.85. The molecular formula is C20H29N5O5. The number of nitrogens with zero attached hydrogens (tertiary/aromatic N) is 4. The van der Waals surface area contributed by atoms with Crippen LogP contribution in [0.25, 0.3) is 0 Å². The summed E-state index contributed by atoms with van der Waals surface area (Å²) >= 11 is 0. The zero-order valence-corrected chi connectivity index (χ0v) is 17.5. The summed E-state index contributed by atoms with van der Waals surface area (Å²) in [5.74, 6) is 1.15. The smallest absolute Gasteiger partial charge is 0.253 e. The first-order chi connectivity index (χ1) is 14.3. The minimum atomic E-state index is -0.880. The van der Waals surface area contributed by atoms with Crippen LogP contribution in [-0.4, -0.2) is 74.6 Å². The Morgan fingerprint density at radius 3 is 2.93 bits per heavy atom. The van der Waals surface area contributed by atoms with E-state index in [1.165, 1.54) is 18.5 Å². The number of carbonyl (C=O) groups is 1. The van der Waals surface area contributed by atoms with Gasteiger partial charge in [-0.1, -0.05) is 19.0 Å². The molecule has 0 saturated carbocycles. The number of hydrogen-bond acceptors (Lipinski definition) is 9. The number of ether oxygens (including phenoxy) is 1. The van der Waals surface area contributed by atoms with Gasteiger partial charge in [0.1, 0.15) is 11.9 Å². The van der Waals surface area contributed by atoms with Gasteiger partial charge in [0, 0.05) is 25.8 Å². The van der Waals surface area contributed by atoms with Crippen molar-refractivity contribution in [2.75, 3.05) is 20.2 Å². The zero-order chi connectivity index (χ0) is 21.7. The number of aliphatic hydroxyl groups is 1. The number of amides is 1. The Labute approximate surface area is 175 Å². The van der Waals surface area contributed by atoms with Crippen molar-refractivity contribution < 1.29 is 24.3 Å². The first-order valence-electron chi connectivity index (χ1n) is 10.1. The minimum Gasteiger partial charge on any atom is -0.506 e. The highest BCUT2D eigenvalue weighted by atomic mass is 16.5. The molecule has 164 valence electrons. The van der Waals surface area contributed by atoms with Gasteiger partial charge < -0.3 is 24.8 Å². The quantitative estimate of drug-likeness (QED) is 0.566. The number of likely N-dealkylation sites (N-methyl/N-ethyl adjacent to an activating group) is 1. The van der Waals surface area contributed by atoms with Gasteiger partial charge in [0.2, 0.25) is 5.89 Å². The monoisotopic (exact) mass is 419 g/mol. The largest absolute Gasteiger partial charge is 0.506 e. The number of carbonyl (C=O) groups excluding carboxylic acids is 1. The predicted molar refractivity (Wildman–Crippen MR) is 107 cm³/mol. The first kappa shape index (κ1) is 22.1. The Morgan fingerprint density at radius 2 is 2.20 bits per heavy atom. The van der Waals surface area contributed by atoms with Gasteiger partial charge in [-0.05, 0) is 25.5 Å². The molecule has 0 unspecified atom stereocenters. The van der Waals surface area contributed by atoms with Crippen LogP contribution < -0.4 is 5.32 Å². The fourth-order valence-corrected chi connectivity index (χ4v) is 3.40. The molecule has 10 heteroatoms. The van der Waals surface area contributed by atoms with Crippen molar-refractivity contribution in [3.05, 3.63) is 35.7 Å². The number of pyridine rings is 1. The van der Waals surface area contributed by atoms with Gasteiger partial charge in [-0.15, -0.1) is 0 Å². The summed E-state index contributed by atoms with van der Waals surface area (Å²) in [5.41, 5.74) is 0.232. The van der Waals surface area contributed by atoms with E-state index in [-0.39, 0.29) is 11.3 Å². The van der Waals surface area contributed by atoms with Crippen molar-refractivity contribution >= 4 is 5.91 Å². The fraction of sp³-hybridized carbons (Fsp3) is 0.600. The lowest BCUT2D eigenvalue weighted by Crippen LogP contribution is -2.55. The lowest BCUT2D eigenvalue weighted by atomic mass is 9.98. The second-order valence-electron chi connectivity index (χ2n) is 8.10. The Kier molecular flexibility index (Phi) is 7.35. The van der Waals surface area contributed by atoms with E-state index in [9.17, 15) is 15.0 Å². The molecule has 0 aliphatic carbocycles. The molecule has 3 atom stereocenters. The maximum absolute atomic E-state index is 12.4. The summed E-state index contributed by atoms with van der Waals surface area (Å²) in [6.07, 6.45) is 2.50. The van der Waals surface area contributed by atoms with Crippen molar-refractivity contribution in [2.45, 2.75) is 51.5 Å². The second-order valence-corrected chi connectivity index (χ2v) is 8.10. The number of hydrogen-bond donors (Lipinski definition) is 3. The molecule has 0 aromatic carbocycles. The van der Waals surface area contributed by atoms with Crippen LogP contribution in [-0.2, 0) is 17.7 Å². The summed E-state index contributed by atoms with van der Waals surface area (Å²) in [7, 11) is 1.88. The lowest BCUT2D eigenvalue weighted by Gasteiger charge is -2.36. The number of aliphatic hydroxyl groups excluding tert-OH is 1. The molecule has 30 heavy (non-hydrogen) atoms. The topological polar surface area (TPSA) is 134 Å². The van der Waals surface area contributed by atoms with Gasteiger partial charge in [0.05, 0.1) is 30.5 Å². The molecule has 1 aliphatic heterocycles. The van der Waals surface area contributed by atoms with E-state index in [1.807, 2.05) is 11.9 Å². The van der Waals surface area contributed by atoms with Crippen LogP contribution in [0.3, 0.4) is 0 Å². The molecule has 3 N–H and O–H groups in total. The van der Waals surface area contributed by atoms with Crippen LogP contribution in [0.1, 0.15) is 42.3 Å². The van der Waals surface area contributed by atoms with Crippen molar-refractivity contribution in [2.24, 2.45) is 5.92 Å². The highest BCUT2D eigenvalue weighted by Gasteiger charge is 2.34. The van der Waals surface area contributed by atoms with E-state index >= 15 is 0 Å². The summed E-state index contributed by atoms with van der Waals surface area (Å²) < 4.78 is 11.0. The van der Waals surface area contributed by atoms with Crippen LogP contribution in [0.2, 0.25) is 0 Å². The predicted octanol–water partition coefficient (Wildman–Crippen LogP) is 0.749. The molecule has 1 aliphatic rings. The molecule has 1 fully saturated rings. The van der Waals surface area contributed by atoms with Crippen molar-refractivity contribution in [3.63, 3.8) is 0 Å². The molecule has 0 bridgehead atoms. The number of rotatable bonds is 8. The standard InChI is InChI=1S/C20H29N5O5/c1-12(2)6-17-23-18(30-24-17)11-25(3)10-16-19(27)15(4-5-29-16)22-20(28)13-7-14(26)9-21-8-13/h7-9,12,15-16,19,26-27H,4-6,10-11H2,1-3H3,(H,22,28)/t15-,16+,19-/m0/s1. The number of aromatic hydroxyl groups is 1. The molecule has 1 amide bonds. The third-order valence-electron chi connectivity index (χ3n) is 4.85. The minimum absolute atomic E-state index is 0.0905. The molecule has 3 heterocycles. The Balaban J connectivity index is 1.53. The van der Waals surface area contributed by atoms with Crippen LogP contribution in [0.4, 0.5) is 0 Å². The molecule has 0 radical (unpaired) electrons. The normalized spacial score (nSPS) is 21.9. The summed E-state index contributed by atoms with van der Waals surface area (Å²) in [5, 5.41) is 27.0. The summed E-state index contributed by atoms with van der Waals surface area (Å²) in [6.45, 7) is 5.47. The molecule has 0 spiro atoms. The first-order valence-corrected chi connectivity index (χ1v) is 10.1. The second kappa shape index (κ2) is 9.96. The fourth-order valence-electron chi connectivity index (χ4n) is 3.40. The van der Waals surface area contributed by atoms with Crippen LogP contribution >= 0.6 is 0 Å². The molecular weight excluding hydrogens is 390 g/mol. The number of nitrogens with one attached hydrogen (secondary N) is 1. The summed E-state index contributed by atoms with van der Waals surface area (Å²) in [6, 6.07) is 0.866. The van der Waals surface area contributed by atoms with E-state index in [0.29, 0.717) is 43.8 Å². The molecule has 10 nitrogen and oxygen atoms in total. The van der Waals surface area contributed by atoms with Gasteiger partial charge >= 0.3 is 0 Å². The van der Waals surface area contributed by atoms with Crippen LogP contribution in [0, 0.1) is 5.92 Å². The van der Waals surface area contributed by atoms with E-state index in [2.05, 4.69) is 34.3 Å². The van der Waals surface area contributed by atoms with E-state index < -0.39 is 24.2 Å². The Bertz CT molecular complexity index is 842. The average molecular weight is 419 g/mol. The maximum atomic E-state index is 12.4. The highest BCUT2D eigenvalue weighted by Crippen LogP contribution is 2.18. The molecule has 2 aromatic heterocycles. The lowest BCUT2D eigenvalue weighted by molar-refractivity contribution is -0.0986. The highest BCUT2D eigenvalue weighted by molar-refractivity contribution is 5.94. The van der Waals surface area contributed by atoms with Crippen molar-refractivity contribution in [3.8, 4) is 5.75 Å². The molecule has 3 rings (SSSR count).